The normalized spacial score (nSPS) is 11.3. The van der Waals surface area contributed by atoms with Gasteiger partial charge in [0, 0.05) is 23.1 Å². The number of anilines is 3. The molecule has 0 radical (unpaired) electrons. The van der Waals surface area contributed by atoms with Crippen molar-refractivity contribution in [2.75, 3.05) is 22.9 Å². The molecule has 3 amide bonds. The molecule has 3 aromatic carbocycles. The van der Waals surface area contributed by atoms with Gasteiger partial charge in [0.15, 0.2) is 5.82 Å². The van der Waals surface area contributed by atoms with Gasteiger partial charge in [-0.1, -0.05) is 54.6 Å². The maximum absolute atomic E-state index is 12.6. The first-order valence-corrected chi connectivity index (χ1v) is 18.3. The molecule has 0 aliphatic heterocycles. The molecular formula is C34H31F3N8O8S2. The number of hydrogen-bond acceptors (Lipinski definition) is 10. The molecule has 0 saturated carbocycles. The third kappa shape index (κ3) is 12.3. The number of aromatic nitrogens is 4. The number of rotatable bonds is 7. The van der Waals surface area contributed by atoms with Crippen LogP contribution in [-0.2, 0) is 20.2 Å². The van der Waals surface area contributed by atoms with Gasteiger partial charge in [-0.2, -0.15) is 35.1 Å². The Kier molecular flexibility index (Phi) is 13.2. The average Bonchev–Trinajstić information content (AvgIpc) is 3.52. The van der Waals surface area contributed by atoms with Gasteiger partial charge in [0.25, 0.3) is 26.1 Å². The van der Waals surface area contributed by atoms with Crippen molar-refractivity contribution in [1.82, 2.24) is 24.9 Å². The lowest BCUT2D eigenvalue weighted by Gasteiger charge is -2.11. The highest BCUT2D eigenvalue weighted by molar-refractivity contribution is 7.86. The Balaban J connectivity index is 0.000000272. The summed E-state index contributed by atoms with van der Waals surface area (Å²) in [5, 5.41) is 11.1. The van der Waals surface area contributed by atoms with Crippen molar-refractivity contribution in [3.63, 3.8) is 0 Å². The molecule has 0 saturated heterocycles. The number of halogens is 3. The number of amides is 3. The van der Waals surface area contributed by atoms with E-state index in [1.165, 1.54) is 35.0 Å². The topological polar surface area (TPSA) is 248 Å². The average molecular weight is 801 g/mol. The van der Waals surface area contributed by atoms with Crippen LogP contribution in [0, 0.1) is 6.92 Å². The Labute approximate surface area is 311 Å². The van der Waals surface area contributed by atoms with Gasteiger partial charge < -0.3 is 16.4 Å². The Bertz CT molecular complexity index is 2420. The maximum atomic E-state index is 12.6. The van der Waals surface area contributed by atoms with Gasteiger partial charge in [-0.3, -0.25) is 19.2 Å². The second-order valence-corrected chi connectivity index (χ2v) is 13.9. The zero-order chi connectivity index (χ0) is 40.4. The van der Waals surface area contributed by atoms with Crippen LogP contribution in [0.15, 0.2) is 125 Å². The number of fused-ring (bicyclic) bond motifs is 1. The van der Waals surface area contributed by atoms with Crippen molar-refractivity contribution in [3.8, 4) is 11.1 Å². The molecule has 0 fully saturated rings. The SMILES string of the molecule is Cc1cccc(NC(=O)Nc2ccc(-c3c(C(=O)NCC(F)(F)F)cn4ncnc(N)c34)cc2)n1.O=S(=O)(O)c1ccccc1.O=S(=O)(O)c1ccccc1. The van der Waals surface area contributed by atoms with Gasteiger partial charge in [0.1, 0.15) is 24.2 Å². The lowest BCUT2D eigenvalue weighted by Crippen LogP contribution is -2.33. The van der Waals surface area contributed by atoms with Crippen LogP contribution in [0.4, 0.5) is 35.3 Å². The van der Waals surface area contributed by atoms with Gasteiger partial charge in [0.2, 0.25) is 0 Å². The van der Waals surface area contributed by atoms with Crippen LogP contribution < -0.4 is 21.7 Å². The number of carbonyl (C=O) groups is 2. The summed E-state index contributed by atoms with van der Waals surface area (Å²) in [7, 11) is -8.01. The third-order valence-corrected chi connectivity index (χ3v) is 8.68. The van der Waals surface area contributed by atoms with Crippen molar-refractivity contribution in [1.29, 1.82) is 0 Å². The predicted molar refractivity (Wildman–Crippen MR) is 195 cm³/mol. The fourth-order valence-corrected chi connectivity index (χ4v) is 5.57. The maximum Gasteiger partial charge on any atom is 0.405 e. The van der Waals surface area contributed by atoms with Crippen molar-refractivity contribution in [2.45, 2.75) is 22.9 Å². The minimum atomic E-state index is -4.57. The monoisotopic (exact) mass is 800 g/mol. The third-order valence-electron chi connectivity index (χ3n) is 6.94. The van der Waals surface area contributed by atoms with Gasteiger partial charge in [-0.25, -0.2) is 19.3 Å². The van der Waals surface area contributed by atoms with Crippen molar-refractivity contribution in [2.24, 2.45) is 0 Å². The van der Waals surface area contributed by atoms with Crippen LogP contribution in [-0.4, -0.2) is 70.2 Å². The van der Waals surface area contributed by atoms with Crippen molar-refractivity contribution in [3.05, 3.63) is 127 Å². The molecule has 55 heavy (non-hydrogen) atoms. The second kappa shape index (κ2) is 17.6. The number of nitrogens with two attached hydrogens (primary N) is 1. The number of nitrogens with zero attached hydrogens (tertiary/aromatic N) is 4. The fourth-order valence-electron chi connectivity index (χ4n) is 4.57. The fraction of sp³-hybridized carbons (Fsp3) is 0.0882. The van der Waals surface area contributed by atoms with E-state index in [0.717, 1.165) is 12.0 Å². The number of nitrogens with one attached hydrogen (secondary N) is 3. The largest absolute Gasteiger partial charge is 0.405 e. The Morgan fingerprint density at radius 1 is 0.800 bits per heavy atom. The van der Waals surface area contributed by atoms with Gasteiger partial charge in [-0.15, -0.1) is 0 Å². The zero-order valence-corrected chi connectivity index (χ0v) is 30.0. The van der Waals surface area contributed by atoms with Crippen LogP contribution in [0.3, 0.4) is 0 Å². The molecule has 6 aromatic rings. The van der Waals surface area contributed by atoms with E-state index in [1.807, 2.05) is 5.32 Å². The van der Waals surface area contributed by atoms with Gasteiger partial charge in [0.05, 0.1) is 15.4 Å². The van der Waals surface area contributed by atoms with E-state index in [1.54, 1.807) is 85.8 Å². The number of carbonyl (C=O) groups excluding carboxylic acids is 2. The molecule has 3 aromatic heterocycles. The summed E-state index contributed by atoms with van der Waals surface area (Å²) in [5.41, 5.74) is 8.04. The quantitative estimate of drug-likeness (QED) is 0.110. The number of urea groups is 1. The minimum absolute atomic E-state index is 0.0390. The van der Waals surface area contributed by atoms with Crippen LogP contribution in [0.2, 0.25) is 0 Å². The molecule has 21 heteroatoms. The molecular weight excluding hydrogens is 770 g/mol. The number of benzene rings is 3. The molecule has 0 bridgehead atoms. The van der Waals surface area contributed by atoms with Crippen LogP contribution in [0.1, 0.15) is 16.1 Å². The van der Waals surface area contributed by atoms with E-state index < -0.39 is 44.9 Å². The van der Waals surface area contributed by atoms with E-state index in [0.29, 0.717) is 17.1 Å². The smallest absolute Gasteiger partial charge is 0.382 e. The Morgan fingerprint density at radius 3 is 1.85 bits per heavy atom. The summed E-state index contributed by atoms with van der Waals surface area (Å²) >= 11 is 0. The highest BCUT2D eigenvalue weighted by Crippen LogP contribution is 2.33. The molecule has 0 spiro atoms. The summed E-state index contributed by atoms with van der Waals surface area (Å²) in [5.74, 6) is -0.532. The molecule has 288 valence electrons. The van der Waals surface area contributed by atoms with Crippen LogP contribution >= 0.6 is 0 Å². The zero-order valence-electron chi connectivity index (χ0n) is 28.3. The standard InChI is InChI=1S/C22H19F3N8O2.2C6H6O3S/c1-12-3-2-4-16(30-12)32-21(35)31-14-7-5-13(6-8-14)17-15(20(34)27-10-22(23,24)25)9-33-18(17)19(26)28-11-29-33;2*7-10(8,9)6-4-2-1-3-5-6/h2-9,11H,10H2,1H3,(H,27,34)(H2,26,28,29)(H2,30,31,32,35);2*1-5H,(H,7,8,9). The van der Waals surface area contributed by atoms with Crippen molar-refractivity contribution < 1.29 is 48.7 Å². The van der Waals surface area contributed by atoms with E-state index >= 15 is 0 Å². The minimum Gasteiger partial charge on any atom is -0.382 e. The summed E-state index contributed by atoms with van der Waals surface area (Å²) in [6, 6.07) is 25.8. The Hall–Kier alpha value is -6.42. The van der Waals surface area contributed by atoms with E-state index in [9.17, 15) is 39.6 Å². The van der Waals surface area contributed by atoms with E-state index in [4.69, 9.17) is 14.8 Å². The Morgan fingerprint density at radius 2 is 1.36 bits per heavy atom. The first-order chi connectivity index (χ1) is 25.8. The number of alkyl halides is 3. The van der Waals surface area contributed by atoms with Gasteiger partial charge >= 0.3 is 12.2 Å². The summed E-state index contributed by atoms with van der Waals surface area (Å²) in [6.45, 7) is 0.301. The number of pyridine rings is 1. The molecule has 7 N–H and O–H groups in total. The highest BCUT2D eigenvalue weighted by Gasteiger charge is 2.29. The molecule has 6 rings (SSSR count). The van der Waals surface area contributed by atoms with E-state index in [2.05, 4.69) is 25.7 Å². The second-order valence-electron chi connectivity index (χ2n) is 11.1. The number of hydrogen-bond donors (Lipinski definition) is 6. The summed E-state index contributed by atoms with van der Waals surface area (Å²) < 4.78 is 97.6. The van der Waals surface area contributed by atoms with Crippen LogP contribution in [0.25, 0.3) is 16.6 Å². The first kappa shape index (κ1) is 41.3. The predicted octanol–water partition coefficient (Wildman–Crippen LogP) is 5.48. The summed E-state index contributed by atoms with van der Waals surface area (Å²) in [6.07, 6.45) is -2.13. The molecule has 0 atom stereocenters. The molecule has 0 aliphatic rings. The lowest BCUT2D eigenvalue weighted by molar-refractivity contribution is -0.123. The first-order valence-electron chi connectivity index (χ1n) is 15.5. The van der Waals surface area contributed by atoms with Gasteiger partial charge in [-0.05, 0) is 61.0 Å². The van der Waals surface area contributed by atoms with Crippen molar-refractivity contribution >= 4 is 55.0 Å². The lowest BCUT2D eigenvalue weighted by atomic mass is 10.0. The van der Waals surface area contributed by atoms with Crippen LogP contribution in [0.5, 0.6) is 0 Å². The highest BCUT2D eigenvalue weighted by atomic mass is 32.2. The molecule has 0 unspecified atom stereocenters. The number of nitrogen functional groups attached to an aromatic ring is 1. The van der Waals surface area contributed by atoms with E-state index in [-0.39, 0.29) is 32.3 Å². The molecule has 0 aliphatic carbocycles. The number of aryl methyl sites for hydroxylation is 1. The molecule has 3 heterocycles. The molecule has 16 nitrogen and oxygen atoms in total. The summed E-state index contributed by atoms with van der Waals surface area (Å²) in [4.78, 5) is 32.8.